The molecule has 2 atom stereocenters. The molecular formula is C13H26N2O2S. The Morgan fingerprint density at radius 3 is 2.72 bits per heavy atom. The molecule has 0 spiro atoms. The summed E-state index contributed by atoms with van der Waals surface area (Å²) in [5.41, 5.74) is 0. The van der Waals surface area contributed by atoms with Gasteiger partial charge in [-0.3, -0.25) is 4.90 Å². The fourth-order valence-electron chi connectivity index (χ4n) is 3.02. The highest BCUT2D eigenvalue weighted by molar-refractivity contribution is 7.91. The molecule has 1 aliphatic carbocycles. The van der Waals surface area contributed by atoms with Gasteiger partial charge in [0.1, 0.15) is 0 Å². The van der Waals surface area contributed by atoms with Crippen molar-refractivity contribution in [2.45, 2.75) is 38.6 Å². The number of hydrogen-bond donors (Lipinski definition) is 1. The van der Waals surface area contributed by atoms with E-state index in [0.717, 1.165) is 38.5 Å². The standard InChI is InChI=1S/C13H26N2O2S/c1-2-6-14-11-12-4-5-13(12)15-7-3-9-18(16,17)10-8-15/h12-14H,2-11H2,1H3. The van der Waals surface area contributed by atoms with Gasteiger partial charge < -0.3 is 5.32 Å². The zero-order chi connectivity index (χ0) is 13.0. The van der Waals surface area contributed by atoms with Crippen LogP contribution < -0.4 is 5.32 Å². The van der Waals surface area contributed by atoms with Gasteiger partial charge in [0.15, 0.2) is 9.84 Å². The van der Waals surface area contributed by atoms with E-state index in [0.29, 0.717) is 17.5 Å². The van der Waals surface area contributed by atoms with Crippen molar-refractivity contribution in [2.24, 2.45) is 5.92 Å². The van der Waals surface area contributed by atoms with E-state index < -0.39 is 9.84 Å². The van der Waals surface area contributed by atoms with E-state index in [1.54, 1.807) is 0 Å². The van der Waals surface area contributed by atoms with Crippen molar-refractivity contribution >= 4 is 9.84 Å². The molecule has 0 aromatic heterocycles. The second kappa shape index (κ2) is 6.35. The predicted molar refractivity (Wildman–Crippen MR) is 74.5 cm³/mol. The van der Waals surface area contributed by atoms with Crippen molar-refractivity contribution in [1.82, 2.24) is 10.2 Å². The number of nitrogens with one attached hydrogen (secondary N) is 1. The normalized spacial score (nSPS) is 32.7. The van der Waals surface area contributed by atoms with Crippen molar-refractivity contribution in [3.8, 4) is 0 Å². The van der Waals surface area contributed by atoms with Crippen molar-refractivity contribution in [2.75, 3.05) is 37.7 Å². The quantitative estimate of drug-likeness (QED) is 0.756. The van der Waals surface area contributed by atoms with Crippen LogP contribution in [0.15, 0.2) is 0 Å². The molecule has 2 unspecified atom stereocenters. The molecule has 0 radical (unpaired) electrons. The lowest BCUT2D eigenvalue weighted by molar-refractivity contribution is 0.0683. The summed E-state index contributed by atoms with van der Waals surface area (Å²) >= 11 is 0. The van der Waals surface area contributed by atoms with Gasteiger partial charge >= 0.3 is 0 Å². The van der Waals surface area contributed by atoms with E-state index in [2.05, 4.69) is 17.1 Å². The minimum absolute atomic E-state index is 0.360. The molecule has 0 aromatic carbocycles. The van der Waals surface area contributed by atoms with Crippen molar-refractivity contribution < 1.29 is 8.42 Å². The van der Waals surface area contributed by atoms with Gasteiger partial charge in [-0.1, -0.05) is 6.92 Å². The van der Waals surface area contributed by atoms with Crippen LogP contribution in [0.5, 0.6) is 0 Å². The molecule has 1 N–H and O–H groups in total. The molecule has 5 heteroatoms. The lowest BCUT2D eigenvalue weighted by Gasteiger charge is -2.44. The molecule has 2 fully saturated rings. The second-order valence-electron chi connectivity index (χ2n) is 5.65. The Labute approximate surface area is 111 Å². The topological polar surface area (TPSA) is 49.4 Å². The summed E-state index contributed by atoms with van der Waals surface area (Å²) in [5, 5.41) is 3.49. The Kier molecular flexibility index (Phi) is 5.04. The molecule has 1 heterocycles. The highest BCUT2D eigenvalue weighted by Crippen LogP contribution is 2.32. The number of hydrogen-bond acceptors (Lipinski definition) is 4. The minimum Gasteiger partial charge on any atom is -0.316 e. The minimum atomic E-state index is -2.77. The first-order valence-electron chi connectivity index (χ1n) is 7.27. The zero-order valence-electron chi connectivity index (χ0n) is 11.4. The Hall–Kier alpha value is -0.130. The van der Waals surface area contributed by atoms with Gasteiger partial charge in [-0.25, -0.2) is 8.42 Å². The Bertz CT molecular complexity index is 356. The second-order valence-corrected chi connectivity index (χ2v) is 7.95. The predicted octanol–water partition coefficient (Wildman–Crippen LogP) is 0.885. The van der Waals surface area contributed by atoms with Crippen molar-refractivity contribution in [1.29, 1.82) is 0 Å². The van der Waals surface area contributed by atoms with Crippen LogP contribution in [0.1, 0.15) is 32.6 Å². The highest BCUT2D eigenvalue weighted by Gasteiger charge is 2.36. The van der Waals surface area contributed by atoms with E-state index in [-0.39, 0.29) is 0 Å². The van der Waals surface area contributed by atoms with Gasteiger partial charge in [0.05, 0.1) is 11.5 Å². The fourth-order valence-corrected chi connectivity index (χ4v) is 4.31. The van der Waals surface area contributed by atoms with E-state index in [1.165, 1.54) is 19.3 Å². The molecule has 106 valence electrons. The largest absolute Gasteiger partial charge is 0.316 e. The molecule has 2 aliphatic rings. The van der Waals surface area contributed by atoms with Gasteiger partial charge in [0.25, 0.3) is 0 Å². The summed E-state index contributed by atoms with van der Waals surface area (Å²) in [6.07, 6.45) is 4.54. The molecule has 1 aliphatic heterocycles. The maximum Gasteiger partial charge on any atom is 0.151 e. The summed E-state index contributed by atoms with van der Waals surface area (Å²) in [5.74, 6) is 1.48. The van der Waals surface area contributed by atoms with Gasteiger partial charge in [0.2, 0.25) is 0 Å². The summed E-state index contributed by atoms with van der Waals surface area (Å²) in [4.78, 5) is 2.42. The molecule has 1 saturated heterocycles. The van der Waals surface area contributed by atoms with Gasteiger partial charge in [0, 0.05) is 12.6 Å². The fraction of sp³-hybridized carbons (Fsp3) is 1.00. The summed E-state index contributed by atoms with van der Waals surface area (Å²) in [6.45, 7) is 6.09. The maximum atomic E-state index is 11.6. The van der Waals surface area contributed by atoms with Crippen LogP contribution in [0.25, 0.3) is 0 Å². The van der Waals surface area contributed by atoms with E-state index >= 15 is 0 Å². The lowest BCUT2D eigenvalue weighted by atomic mass is 9.78. The van der Waals surface area contributed by atoms with E-state index in [9.17, 15) is 8.42 Å². The first-order chi connectivity index (χ1) is 8.62. The zero-order valence-corrected chi connectivity index (χ0v) is 12.2. The monoisotopic (exact) mass is 274 g/mol. The molecule has 0 aromatic rings. The van der Waals surface area contributed by atoms with Crippen LogP contribution in [-0.4, -0.2) is 57.0 Å². The molecule has 1 saturated carbocycles. The number of nitrogens with zero attached hydrogens (tertiary/aromatic N) is 1. The van der Waals surface area contributed by atoms with Crippen LogP contribution >= 0.6 is 0 Å². The molecule has 18 heavy (non-hydrogen) atoms. The van der Waals surface area contributed by atoms with Crippen LogP contribution in [0, 0.1) is 5.92 Å². The molecule has 2 rings (SSSR count). The highest BCUT2D eigenvalue weighted by atomic mass is 32.2. The summed E-state index contributed by atoms with van der Waals surface area (Å²) in [6, 6.07) is 0.627. The lowest BCUT2D eigenvalue weighted by Crippen LogP contribution is -2.51. The van der Waals surface area contributed by atoms with Crippen LogP contribution in [0.4, 0.5) is 0 Å². The smallest absolute Gasteiger partial charge is 0.151 e. The Morgan fingerprint density at radius 1 is 1.22 bits per heavy atom. The Balaban J connectivity index is 1.80. The van der Waals surface area contributed by atoms with E-state index in [4.69, 9.17) is 0 Å². The third kappa shape index (κ3) is 3.68. The van der Waals surface area contributed by atoms with Gasteiger partial charge in [-0.2, -0.15) is 0 Å². The Morgan fingerprint density at radius 2 is 2.06 bits per heavy atom. The first-order valence-corrected chi connectivity index (χ1v) is 9.09. The summed E-state index contributed by atoms with van der Waals surface area (Å²) in [7, 11) is -2.77. The average Bonchev–Trinajstić information content (AvgIpc) is 2.45. The van der Waals surface area contributed by atoms with Gasteiger partial charge in [-0.15, -0.1) is 0 Å². The third-order valence-corrected chi connectivity index (χ3v) is 5.99. The van der Waals surface area contributed by atoms with Crippen LogP contribution in [-0.2, 0) is 9.84 Å². The van der Waals surface area contributed by atoms with Crippen LogP contribution in [0.3, 0.4) is 0 Å². The number of rotatable bonds is 5. The van der Waals surface area contributed by atoms with E-state index in [1.807, 2.05) is 0 Å². The maximum absolute atomic E-state index is 11.6. The first kappa shape index (κ1) is 14.3. The molecule has 0 amide bonds. The number of sulfone groups is 1. The van der Waals surface area contributed by atoms with Gasteiger partial charge in [-0.05, 0) is 51.2 Å². The van der Waals surface area contributed by atoms with Crippen molar-refractivity contribution in [3.05, 3.63) is 0 Å². The molecule has 0 bridgehead atoms. The van der Waals surface area contributed by atoms with Crippen molar-refractivity contribution in [3.63, 3.8) is 0 Å². The van der Waals surface area contributed by atoms with Crippen LogP contribution in [0.2, 0.25) is 0 Å². The molecular weight excluding hydrogens is 248 g/mol. The average molecular weight is 274 g/mol. The summed E-state index contributed by atoms with van der Waals surface area (Å²) < 4.78 is 23.2. The SMILES string of the molecule is CCCNCC1CCC1N1CCCS(=O)(=O)CC1. The molecule has 4 nitrogen and oxygen atoms in total. The third-order valence-electron chi connectivity index (χ3n) is 4.27.